The van der Waals surface area contributed by atoms with E-state index in [1.165, 1.54) is 11.1 Å². The highest BCUT2D eigenvalue weighted by molar-refractivity contribution is 6.36. The molecule has 3 aromatic rings. The van der Waals surface area contributed by atoms with Gasteiger partial charge in [0.05, 0.1) is 23.9 Å². The molecule has 0 aromatic heterocycles. The molecule has 1 fully saturated rings. The molecule has 0 saturated carbocycles. The van der Waals surface area contributed by atoms with Crippen molar-refractivity contribution < 1.29 is 4.74 Å². The number of anilines is 1. The van der Waals surface area contributed by atoms with E-state index < -0.39 is 0 Å². The molecular weight excluding hydrogens is 439 g/mol. The minimum absolute atomic E-state index is 0.160. The van der Waals surface area contributed by atoms with Crippen LogP contribution in [0.25, 0.3) is 0 Å². The van der Waals surface area contributed by atoms with E-state index in [1.807, 2.05) is 36.4 Å². The SMILES string of the molecule is COc1ccc(CN2CCN(c3ccc(Cl)cc3Cl)C(c3ccc(Cl)cc3)C2)cc1. The topological polar surface area (TPSA) is 15.7 Å². The zero-order chi connectivity index (χ0) is 21.1. The van der Waals surface area contributed by atoms with Gasteiger partial charge in [0.2, 0.25) is 0 Å². The molecule has 0 bridgehead atoms. The van der Waals surface area contributed by atoms with Gasteiger partial charge in [-0.2, -0.15) is 0 Å². The smallest absolute Gasteiger partial charge is 0.118 e. The van der Waals surface area contributed by atoms with Crippen molar-refractivity contribution in [3.63, 3.8) is 0 Å². The monoisotopic (exact) mass is 460 g/mol. The Morgan fingerprint density at radius 2 is 1.57 bits per heavy atom. The predicted molar refractivity (Wildman–Crippen MR) is 126 cm³/mol. The Labute approximate surface area is 192 Å². The van der Waals surface area contributed by atoms with E-state index in [1.54, 1.807) is 13.2 Å². The third-order valence-corrected chi connectivity index (χ3v) is 6.29. The fourth-order valence-corrected chi connectivity index (χ4v) is 4.59. The minimum Gasteiger partial charge on any atom is -0.497 e. The number of methoxy groups -OCH3 is 1. The highest BCUT2D eigenvalue weighted by Crippen LogP contribution is 2.37. The van der Waals surface area contributed by atoms with Gasteiger partial charge in [-0.3, -0.25) is 4.90 Å². The molecule has 4 rings (SSSR count). The van der Waals surface area contributed by atoms with Crippen molar-refractivity contribution in [3.05, 3.63) is 92.9 Å². The van der Waals surface area contributed by atoms with Crippen LogP contribution in [0, 0.1) is 0 Å². The summed E-state index contributed by atoms with van der Waals surface area (Å²) in [4.78, 5) is 4.84. The second kappa shape index (κ2) is 9.49. The summed E-state index contributed by atoms with van der Waals surface area (Å²) in [6.45, 7) is 3.57. The number of halogens is 3. The van der Waals surface area contributed by atoms with Crippen LogP contribution in [0.2, 0.25) is 15.1 Å². The van der Waals surface area contributed by atoms with Crippen molar-refractivity contribution in [3.8, 4) is 5.75 Å². The first-order valence-corrected chi connectivity index (χ1v) is 11.0. The van der Waals surface area contributed by atoms with Crippen LogP contribution in [-0.4, -0.2) is 31.6 Å². The van der Waals surface area contributed by atoms with Crippen LogP contribution in [-0.2, 0) is 6.54 Å². The molecule has 0 aliphatic carbocycles. The summed E-state index contributed by atoms with van der Waals surface area (Å²) < 4.78 is 5.27. The first-order chi connectivity index (χ1) is 14.5. The molecule has 3 aromatic carbocycles. The fourth-order valence-electron chi connectivity index (χ4n) is 3.94. The summed E-state index contributed by atoms with van der Waals surface area (Å²) in [5.41, 5.74) is 3.48. The first-order valence-electron chi connectivity index (χ1n) is 9.86. The first kappa shape index (κ1) is 21.3. The van der Waals surface area contributed by atoms with Crippen LogP contribution >= 0.6 is 34.8 Å². The molecule has 30 heavy (non-hydrogen) atoms. The number of piperazine rings is 1. The van der Waals surface area contributed by atoms with Gasteiger partial charge in [-0.05, 0) is 53.6 Å². The van der Waals surface area contributed by atoms with Crippen LogP contribution in [0.1, 0.15) is 17.2 Å². The Kier molecular flexibility index (Phi) is 6.74. The molecule has 0 spiro atoms. The largest absolute Gasteiger partial charge is 0.497 e. The van der Waals surface area contributed by atoms with Gasteiger partial charge in [0, 0.05) is 36.2 Å². The van der Waals surface area contributed by atoms with Crippen LogP contribution in [0.15, 0.2) is 66.7 Å². The van der Waals surface area contributed by atoms with E-state index >= 15 is 0 Å². The Balaban J connectivity index is 1.59. The molecule has 1 heterocycles. The Hall–Kier alpha value is -1.91. The number of benzene rings is 3. The van der Waals surface area contributed by atoms with Gasteiger partial charge in [0.1, 0.15) is 5.75 Å². The molecular formula is C24H23Cl3N2O. The van der Waals surface area contributed by atoms with E-state index in [2.05, 4.69) is 34.1 Å². The Bertz CT molecular complexity index is 992. The van der Waals surface area contributed by atoms with Crippen molar-refractivity contribution in [2.45, 2.75) is 12.6 Å². The fraction of sp³-hybridized carbons (Fsp3) is 0.250. The Morgan fingerprint density at radius 3 is 2.23 bits per heavy atom. The standard InChI is InChI=1S/C24H23Cl3N2O/c1-30-21-9-2-17(3-10-21)15-28-12-13-29(23-11-8-20(26)14-22(23)27)24(16-28)18-4-6-19(25)7-5-18/h2-11,14,24H,12-13,15-16H2,1H3. The van der Waals surface area contributed by atoms with Gasteiger partial charge in [0.15, 0.2) is 0 Å². The average molecular weight is 462 g/mol. The Morgan fingerprint density at radius 1 is 0.867 bits per heavy atom. The second-order valence-electron chi connectivity index (χ2n) is 7.44. The maximum Gasteiger partial charge on any atom is 0.118 e. The zero-order valence-electron chi connectivity index (χ0n) is 16.7. The van der Waals surface area contributed by atoms with Crippen molar-refractivity contribution in [2.75, 3.05) is 31.6 Å². The van der Waals surface area contributed by atoms with Gasteiger partial charge >= 0.3 is 0 Å². The summed E-state index contributed by atoms with van der Waals surface area (Å²) in [6.07, 6.45) is 0. The molecule has 1 aliphatic rings. The van der Waals surface area contributed by atoms with Crippen LogP contribution in [0.4, 0.5) is 5.69 Å². The van der Waals surface area contributed by atoms with Crippen molar-refractivity contribution >= 4 is 40.5 Å². The number of nitrogens with zero attached hydrogens (tertiary/aromatic N) is 2. The van der Waals surface area contributed by atoms with E-state index in [0.717, 1.165) is 42.6 Å². The lowest BCUT2D eigenvalue weighted by atomic mass is 10.0. The van der Waals surface area contributed by atoms with Gasteiger partial charge in [-0.25, -0.2) is 0 Å². The van der Waals surface area contributed by atoms with Gasteiger partial charge < -0.3 is 9.64 Å². The van der Waals surface area contributed by atoms with E-state index in [-0.39, 0.29) is 6.04 Å². The molecule has 3 nitrogen and oxygen atoms in total. The van der Waals surface area contributed by atoms with Crippen LogP contribution in [0.3, 0.4) is 0 Å². The molecule has 1 unspecified atom stereocenters. The summed E-state index contributed by atoms with van der Waals surface area (Å²) in [7, 11) is 1.69. The predicted octanol–water partition coefficient (Wildman–Crippen LogP) is 6.72. The molecule has 1 aliphatic heterocycles. The highest BCUT2D eigenvalue weighted by Gasteiger charge is 2.29. The summed E-state index contributed by atoms with van der Waals surface area (Å²) in [5, 5.41) is 2.05. The second-order valence-corrected chi connectivity index (χ2v) is 8.72. The van der Waals surface area contributed by atoms with E-state index in [9.17, 15) is 0 Å². The summed E-state index contributed by atoms with van der Waals surface area (Å²) in [5.74, 6) is 0.875. The van der Waals surface area contributed by atoms with Crippen LogP contribution in [0.5, 0.6) is 5.75 Å². The lowest BCUT2D eigenvalue weighted by Gasteiger charge is -2.43. The van der Waals surface area contributed by atoms with Crippen LogP contribution < -0.4 is 9.64 Å². The normalized spacial score (nSPS) is 17.2. The van der Waals surface area contributed by atoms with Crippen molar-refractivity contribution in [1.29, 1.82) is 0 Å². The maximum absolute atomic E-state index is 6.56. The number of hydrogen-bond donors (Lipinski definition) is 0. The summed E-state index contributed by atoms with van der Waals surface area (Å²) >= 11 is 18.8. The van der Waals surface area contributed by atoms with Gasteiger partial charge in [-0.1, -0.05) is 59.1 Å². The quantitative estimate of drug-likeness (QED) is 0.419. The third-order valence-electron chi connectivity index (χ3n) is 5.50. The lowest BCUT2D eigenvalue weighted by molar-refractivity contribution is 0.215. The lowest BCUT2D eigenvalue weighted by Crippen LogP contribution is -2.48. The maximum atomic E-state index is 6.56. The average Bonchev–Trinajstić information content (AvgIpc) is 2.75. The van der Waals surface area contributed by atoms with E-state index in [0.29, 0.717) is 10.0 Å². The molecule has 6 heteroatoms. The van der Waals surface area contributed by atoms with Gasteiger partial charge in [0.25, 0.3) is 0 Å². The molecule has 1 atom stereocenters. The number of rotatable bonds is 5. The number of ether oxygens (including phenoxy) is 1. The van der Waals surface area contributed by atoms with E-state index in [4.69, 9.17) is 39.5 Å². The molecule has 156 valence electrons. The molecule has 0 N–H and O–H groups in total. The third kappa shape index (κ3) is 4.87. The summed E-state index contributed by atoms with van der Waals surface area (Å²) in [6, 6.07) is 22.2. The van der Waals surface area contributed by atoms with Crippen molar-refractivity contribution in [2.24, 2.45) is 0 Å². The molecule has 1 saturated heterocycles. The van der Waals surface area contributed by atoms with Crippen molar-refractivity contribution in [1.82, 2.24) is 4.90 Å². The molecule has 0 amide bonds. The highest BCUT2D eigenvalue weighted by atomic mass is 35.5. The minimum atomic E-state index is 0.160. The molecule has 0 radical (unpaired) electrons. The number of hydrogen-bond acceptors (Lipinski definition) is 3. The zero-order valence-corrected chi connectivity index (χ0v) is 19.0. The van der Waals surface area contributed by atoms with Gasteiger partial charge in [-0.15, -0.1) is 0 Å².